The Morgan fingerprint density at radius 2 is 1.17 bits per heavy atom. The normalized spacial score (nSPS) is 21.4. The molecule has 2 atom stereocenters. The molecule has 2 nitrogen and oxygen atoms in total. The highest BCUT2D eigenvalue weighted by atomic mass is 16.6. The Labute approximate surface area is 142 Å². The van der Waals surface area contributed by atoms with Crippen molar-refractivity contribution in [1.82, 2.24) is 0 Å². The molecular formula is C22H21NO. The third-order valence-electron chi connectivity index (χ3n) is 5.31. The summed E-state index contributed by atoms with van der Waals surface area (Å²) in [6, 6.07) is 32.2. The predicted octanol–water partition coefficient (Wildman–Crippen LogP) is 4.28. The van der Waals surface area contributed by atoms with Crippen LogP contribution in [0.15, 0.2) is 91.0 Å². The summed E-state index contributed by atoms with van der Waals surface area (Å²) in [5.41, 5.74) is 3.91. The number of rotatable bonds is 5. The molecule has 0 spiro atoms. The zero-order valence-electron chi connectivity index (χ0n) is 13.5. The van der Waals surface area contributed by atoms with Gasteiger partial charge in [0.1, 0.15) is 0 Å². The highest BCUT2D eigenvalue weighted by molar-refractivity contribution is 5.55. The van der Waals surface area contributed by atoms with Gasteiger partial charge in [0.2, 0.25) is 0 Å². The lowest BCUT2D eigenvalue weighted by Crippen LogP contribution is -2.16. The lowest BCUT2D eigenvalue weighted by molar-refractivity contribution is 0.122. The molecule has 0 aromatic heterocycles. The van der Waals surface area contributed by atoms with Crippen molar-refractivity contribution in [2.75, 3.05) is 6.61 Å². The molecule has 0 radical (unpaired) electrons. The first-order valence-electron chi connectivity index (χ1n) is 8.36. The van der Waals surface area contributed by atoms with E-state index >= 15 is 0 Å². The van der Waals surface area contributed by atoms with Gasteiger partial charge in [-0.2, -0.15) is 0 Å². The summed E-state index contributed by atoms with van der Waals surface area (Å²) < 4.78 is 0. The van der Waals surface area contributed by atoms with Crippen molar-refractivity contribution >= 4 is 0 Å². The molecule has 4 rings (SSSR count). The number of hydrogen-bond donors (Lipinski definition) is 1. The molecule has 24 heavy (non-hydrogen) atoms. The minimum Gasteiger partial charge on any atom is -0.304 e. The van der Waals surface area contributed by atoms with Gasteiger partial charge in [0.05, 0.1) is 6.61 Å². The summed E-state index contributed by atoms with van der Waals surface area (Å²) in [5.74, 6) is 6.18. The van der Waals surface area contributed by atoms with Crippen molar-refractivity contribution in [2.45, 2.75) is 11.3 Å². The largest absolute Gasteiger partial charge is 0.304 e. The van der Waals surface area contributed by atoms with Gasteiger partial charge in [-0.05, 0) is 16.7 Å². The van der Waals surface area contributed by atoms with Crippen LogP contribution in [0.4, 0.5) is 0 Å². The highest BCUT2D eigenvalue weighted by Crippen LogP contribution is 2.68. The van der Waals surface area contributed by atoms with E-state index in [1.54, 1.807) is 0 Å². The van der Waals surface area contributed by atoms with Gasteiger partial charge in [-0.3, -0.25) is 0 Å². The maximum absolute atomic E-state index is 5.49. The van der Waals surface area contributed by atoms with Crippen LogP contribution in [0, 0.1) is 5.92 Å². The van der Waals surface area contributed by atoms with Crippen molar-refractivity contribution in [1.29, 1.82) is 0 Å². The second-order valence-corrected chi connectivity index (χ2v) is 6.43. The molecule has 0 bridgehead atoms. The van der Waals surface area contributed by atoms with Crippen LogP contribution < -0.4 is 5.90 Å². The molecule has 0 aliphatic heterocycles. The molecule has 2 unspecified atom stereocenters. The van der Waals surface area contributed by atoms with Crippen LogP contribution >= 0.6 is 0 Å². The highest BCUT2D eigenvalue weighted by Gasteiger charge is 2.66. The van der Waals surface area contributed by atoms with Crippen LogP contribution in [-0.4, -0.2) is 6.61 Å². The summed E-state index contributed by atoms with van der Waals surface area (Å²) in [5, 5.41) is 0. The van der Waals surface area contributed by atoms with Gasteiger partial charge >= 0.3 is 0 Å². The van der Waals surface area contributed by atoms with E-state index in [1.807, 2.05) is 0 Å². The molecule has 120 valence electrons. The molecule has 0 heterocycles. The van der Waals surface area contributed by atoms with Crippen LogP contribution in [0.1, 0.15) is 22.6 Å². The maximum Gasteiger partial charge on any atom is 0.0725 e. The monoisotopic (exact) mass is 315 g/mol. The van der Waals surface area contributed by atoms with Gasteiger partial charge in [0.15, 0.2) is 0 Å². The minimum atomic E-state index is -0.0801. The van der Waals surface area contributed by atoms with Crippen molar-refractivity contribution in [3.8, 4) is 0 Å². The molecular weight excluding hydrogens is 294 g/mol. The SMILES string of the molecule is NOCC1C(c2ccccc2)C1(c1ccccc1)c1ccccc1. The molecule has 1 fully saturated rings. The van der Waals surface area contributed by atoms with E-state index in [2.05, 4.69) is 91.0 Å². The third kappa shape index (κ3) is 2.27. The topological polar surface area (TPSA) is 35.2 Å². The first-order chi connectivity index (χ1) is 11.9. The first-order valence-corrected chi connectivity index (χ1v) is 8.36. The van der Waals surface area contributed by atoms with E-state index in [1.165, 1.54) is 16.7 Å². The second kappa shape index (κ2) is 6.23. The first kappa shape index (κ1) is 15.1. The van der Waals surface area contributed by atoms with Gasteiger partial charge < -0.3 is 4.84 Å². The van der Waals surface area contributed by atoms with E-state index in [9.17, 15) is 0 Å². The molecule has 1 aliphatic carbocycles. The zero-order chi connectivity index (χ0) is 16.4. The predicted molar refractivity (Wildman–Crippen MR) is 96.5 cm³/mol. The smallest absolute Gasteiger partial charge is 0.0725 e. The standard InChI is InChI=1S/C22H21NO/c23-24-16-20-21(17-10-4-1-5-11-17)22(20,18-12-6-2-7-13-18)19-14-8-3-9-15-19/h1-15,20-21H,16,23H2. The number of hydrogen-bond acceptors (Lipinski definition) is 2. The van der Waals surface area contributed by atoms with Gasteiger partial charge in [-0.1, -0.05) is 91.0 Å². The van der Waals surface area contributed by atoms with Gasteiger partial charge in [0.25, 0.3) is 0 Å². The zero-order valence-corrected chi connectivity index (χ0v) is 13.5. The molecule has 1 aliphatic rings. The Bertz CT molecular complexity index is 746. The molecule has 2 heteroatoms. The van der Waals surface area contributed by atoms with Gasteiger partial charge in [-0.15, -0.1) is 0 Å². The van der Waals surface area contributed by atoms with E-state index in [-0.39, 0.29) is 5.41 Å². The molecule has 0 amide bonds. The van der Waals surface area contributed by atoms with Crippen LogP contribution in [0.2, 0.25) is 0 Å². The van der Waals surface area contributed by atoms with E-state index in [0.29, 0.717) is 18.4 Å². The summed E-state index contributed by atoms with van der Waals surface area (Å²) in [4.78, 5) is 5.12. The Balaban J connectivity index is 1.90. The fourth-order valence-corrected chi connectivity index (χ4v) is 4.33. The Hall–Kier alpha value is -2.42. The van der Waals surface area contributed by atoms with Crippen LogP contribution in [-0.2, 0) is 10.3 Å². The average molecular weight is 315 g/mol. The fraction of sp³-hybridized carbons (Fsp3) is 0.182. The fourth-order valence-electron chi connectivity index (χ4n) is 4.33. The van der Waals surface area contributed by atoms with E-state index in [4.69, 9.17) is 10.7 Å². The number of benzene rings is 3. The molecule has 3 aromatic rings. The second-order valence-electron chi connectivity index (χ2n) is 6.43. The van der Waals surface area contributed by atoms with Crippen LogP contribution in [0.3, 0.4) is 0 Å². The van der Waals surface area contributed by atoms with Crippen LogP contribution in [0.5, 0.6) is 0 Å². The van der Waals surface area contributed by atoms with Gasteiger partial charge in [0, 0.05) is 17.3 Å². The van der Waals surface area contributed by atoms with Crippen LogP contribution in [0.25, 0.3) is 0 Å². The average Bonchev–Trinajstić information content (AvgIpc) is 3.33. The lowest BCUT2D eigenvalue weighted by Gasteiger charge is -2.20. The minimum absolute atomic E-state index is 0.0801. The Kier molecular flexibility index (Phi) is 3.93. The van der Waals surface area contributed by atoms with Crippen molar-refractivity contribution in [3.05, 3.63) is 108 Å². The summed E-state index contributed by atoms with van der Waals surface area (Å²) >= 11 is 0. The Morgan fingerprint density at radius 1 is 0.708 bits per heavy atom. The molecule has 1 saturated carbocycles. The van der Waals surface area contributed by atoms with E-state index in [0.717, 1.165) is 0 Å². The molecule has 0 saturated heterocycles. The Morgan fingerprint density at radius 3 is 1.62 bits per heavy atom. The summed E-state index contributed by atoms with van der Waals surface area (Å²) in [6.45, 7) is 0.545. The molecule has 2 N–H and O–H groups in total. The quantitative estimate of drug-likeness (QED) is 0.713. The maximum atomic E-state index is 5.49. The number of nitrogens with two attached hydrogens (primary N) is 1. The van der Waals surface area contributed by atoms with Gasteiger partial charge in [-0.25, -0.2) is 5.90 Å². The summed E-state index contributed by atoms with van der Waals surface area (Å²) in [7, 11) is 0. The van der Waals surface area contributed by atoms with E-state index < -0.39 is 0 Å². The lowest BCUT2D eigenvalue weighted by atomic mass is 9.83. The summed E-state index contributed by atoms with van der Waals surface area (Å²) in [6.07, 6.45) is 0. The van der Waals surface area contributed by atoms with Crippen molar-refractivity contribution in [2.24, 2.45) is 11.8 Å². The molecule has 3 aromatic carbocycles. The van der Waals surface area contributed by atoms with Crippen molar-refractivity contribution in [3.63, 3.8) is 0 Å². The third-order valence-corrected chi connectivity index (χ3v) is 5.31. The van der Waals surface area contributed by atoms with Crippen molar-refractivity contribution < 1.29 is 4.84 Å².